The van der Waals surface area contributed by atoms with E-state index in [-0.39, 0.29) is 12.0 Å². The number of carboxylic acids is 1. The van der Waals surface area contributed by atoms with Gasteiger partial charge >= 0.3 is 5.97 Å². The van der Waals surface area contributed by atoms with Gasteiger partial charge in [-0.2, -0.15) is 0 Å². The molecule has 2 aliphatic heterocycles. The Morgan fingerprint density at radius 3 is 2.60 bits per heavy atom. The Labute approximate surface area is 119 Å². The molecular weight excluding hydrogens is 254 g/mol. The molecule has 2 bridgehead atoms. The molecule has 2 saturated heterocycles. The largest absolute Gasteiger partial charge is 0.481 e. The number of rotatable bonds is 5. The van der Waals surface area contributed by atoms with Crippen LogP contribution < -0.4 is 0 Å². The Bertz CT molecular complexity index is 485. The summed E-state index contributed by atoms with van der Waals surface area (Å²) in [6.07, 6.45) is 3.00. The van der Waals surface area contributed by atoms with E-state index in [0.29, 0.717) is 12.6 Å². The van der Waals surface area contributed by atoms with Crippen LogP contribution in [0.5, 0.6) is 0 Å². The summed E-state index contributed by atoms with van der Waals surface area (Å²) in [5.41, 5.74) is 2.43. The number of carboxylic acid groups (broad SMARTS) is 1. The van der Waals surface area contributed by atoms with E-state index in [2.05, 4.69) is 29.2 Å². The number of nitrogens with zero attached hydrogens (tertiary/aromatic N) is 1. The molecule has 0 saturated carbocycles. The first-order valence-corrected chi connectivity index (χ1v) is 7.24. The van der Waals surface area contributed by atoms with Crippen molar-refractivity contribution in [2.45, 2.75) is 44.5 Å². The van der Waals surface area contributed by atoms with Gasteiger partial charge in [0.25, 0.3) is 0 Å². The third-order valence-electron chi connectivity index (χ3n) is 4.70. The van der Waals surface area contributed by atoms with Crippen LogP contribution in [0.1, 0.15) is 30.4 Å². The topological polar surface area (TPSA) is 49.8 Å². The van der Waals surface area contributed by atoms with Crippen molar-refractivity contribution in [3.05, 3.63) is 35.4 Å². The second-order valence-corrected chi connectivity index (χ2v) is 5.90. The van der Waals surface area contributed by atoms with Gasteiger partial charge in [-0.15, -0.1) is 0 Å². The van der Waals surface area contributed by atoms with E-state index in [1.165, 1.54) is 11.1 Å². The van der Waals surface area contributed by atoms with Crippen LogP contribution in [0.3, 0.4) is 0 Å². The predicted octanol–water partition coefficient (Wildman–Crippen LogP) is 2.27. The fraction of sp³-hybridized carbons (Fsp3) is 0.562. The summed E-state index contributed by atoms with van der Waals surface area (Å²) < 4.78 is 5.11. The molecular formula is C16H21NO3. The molecule has 108 valence electrons. The van der Waals surface area contributed by atoms with Gasteiger partial charge in [0.15, 0.2) is 0 Å². The van der Waals surface area contributed by atoms with Crippen LogP contribution >= 0.6 is 0 Å². The molecule has 0 spiro atoms. The SMILES string of the molecule is COCc1ccc(CN2C3CCC2C(C(=O)O)C3)cc1. The van der Waals surface area contributed by atoms with Crippen LogP contribution in [0, 0.1) is 5.92 Å². The summed E-state index contributed by atoms with van der Waals surface area (Å²) in [4.78, 5) is 13.7. The molecule has 3 atom stereocenters. The number of ether oxygens (including phenoxy) is 1. The Kier molecular flexibility index (Phi) is 3.76. The normalized spacial score (nSPS) is 28.9. The molecule has 3 rings (SSSR count). The van der Waals surface area contributed by atoms with Crippen molar-refractivity contribution in [1.29, 1.82) is 0 Å². The minimum atomic E-state index is -0.627. The summed E-state index contributed by atoms with van der Waals surface area (Å²) in [5, 5.41) is 9.27. The summed E-state index contributed by atoms with van der Waals surface area (Å²) in [6.45, 7) is 1.50. The van der Waals surface area contributed by atoms with Crippen molar-refractivity contribution in [3.63, 3.8) is 0 Å². The molecule has 0 aliphatic carbocycles. The molecule has 4 nitrogen and oxygen atoms in total. The van der Waals surface area contributed by atoms with Crippen molar-refractivity contribution >= 4 is 5.97 Å². The molecule has 1 N–H and O–H groups in total. The van der Waals surface area contributed by atoms with Gasteiger partial charge in [0.1, 0.15) is 0 Å². The average molecular weight is 275 g/mol. The molecule has 1 aromatic rings. The zero-order valence-electron chi connectivity index (χ0n) is 11.8. The van der Waals surface area contributed by atoms with Crippen molar-refractivity contribution < 1.29 is 14.6 Å². The first kappa shape index (κ1) is 13.6. The highest BCUT2D eigenvalue weighted by atomic mass is 16.5. The minimum Gasteiger partial charge on any atom is -0.481 e. The lowest BCUT2D eigenvalue weighted by molar-refractivity contribution is -0.142. The zero-order chi connectivity index (χ0) is 14.1. The molecule has 0 amide bonds. The Morgan fingerprint density at radius 1 is 1.30 bits per heavy atom. The van der Waals surface area contributed by atoms with E-state index < -0.39 is 5.97 Å². The van der Waals surface area contributed by atoms with Gasteiger partial charge in [0, 0.05) is 25.7 Å². The molecule has 0 aromatic heterocycles. The van der Waals surface area contributed by atoms with Crippen LogP contribution in [-0.2, 0) is 22.7 Å². The first-order valence-electron chi connectivity index (χ1n) is 7.24. The van der Waals surface area contributed by atoms with Crippen LogP contribution in [0.15, 0.2) is 24.3 Å². The monoisotopic (exact) mass is 275 g/mol. The van der Waals surface area contributed by atoms with Gasteiger partial charge in [-0.05, 0) is 30.4 Å². The first-order chi connectivity index (χ1) is 9.69. The lowest BCUT2D eigenvalue weighted by atomic mass is 9.89. The summed E-state index contributed by atoms with van der Waals surface area (Å²) in [6, 6.07) is 9.12. The third kappa shape index (κ3) is 2.45. The maximum absolute atomic E-state index is 11.3. The van der Waals surface area contributed by atoms with E-state index in [9.17, 15) is 9.90 Å². The highest BCUT2D eigenvalue weighted by molar-refractivity contribution is 5.71. The summed E-state index contributed by atoms with van der Waals surface area (Å²) in [5.74, 6) is -0.792. The number of carbonyl (C=O) groups is 1. The molecule has 0 radical (unpaired) electrons. The predicted molar refractivity (Wildman–Crippen MR) is 75.3 cm³/mol. The molecule has 2 fully saturated rings. The maximum atomic E-state index is 11.3. The summed E-state index contributed by atoms with van der Waals surface area (Å²) in [7, 11) is 1.70. The molecule has 1 aromatic carbocycles. The maximum Gasteiger partial charge on any atom is 0.308 e. The van der Waals surface area contributed by atoms with E-state index >= 15 is 0 Å². The third-order valence-corrected chi connectivity index (χ3v) is 4.70. The van der Waals surface area contributed by atoms with Crippen LogP contribution in [-0.4, -0.2) is 35.2 Å². The van der Waals surface area contributed by atoms with Crippen molar-refractivity contribution in [2.24, 2.45) is 5.92 Å². The van der Waals surface area contributed by atoms with E-state index in [1.54, 1.807) is 7.11 Å². The van der Waals surface area contributed by atoms with Crippen LogP contribution in [0.4, 0.5) is 0 Å². The number of hydrogen-bond acceptors (Lipinski definition) is 3. The van der Waals surface area contributed by atoms with Gasteiger partial charge in [-0.3, -0.25) is 9.69 Å². The van der Waals surface area contributed by atoms with Crippen molar-refractivity contribution in [1.82, 2.24) is 4.90 Å². The number of aliphatic carboxylic acids is 1. The van der Waals surface area contributed by atoms with E-state index in [4.69, 9.17) is 4.74 Å². The zero-order valence-corrected chi connectivity index (χ0v) is 11.8. The van der Waals surface area contributed by atoms with Gasteiger partial charge < -0.3 is 9.84 Å². The second-order valence-electron chi connectivity index (χ2n) is 5.90. The average Bonchev–Trinajstić information content (AvgIpc) is 2.98. The van der Waals surface area contributed by atoms with Crippen molar-refractivity contribution in [2.75, 3.05) is 7.11 Å². The molecule has 4 heteroatoms. The van der Waals surface area contributed by atoms with Gasteiger partial charge in [0.2, 0.25) is 0 Å². The van der Waals surface area contributed by atoms with E-state index in [1.807, 2.05) is 0 Å². The van der Waals surface area contributed by atoms with Gasteiger partial charge in [-0.25, -0.2) is 0 Å². The summed E-state index contributed by atoms with van der Waals surface area (Å²) >= 11 is 0. The standard InChI is InChI=1S/C16H21NO3/c1-20-10-12-4-2-11(3-5-12)9-17-13-6-7-15(17)14(8-13)16(18)19/h2-5,13-15H,6-10H2,1H3,(H,18,19). The van der Waals surface area contributed by atoms with Gasteiger partial charge in [-0.1, -0.05) is 24.3 Å². The number of hydrogen-bond donors (Lipinski definition) is 1. The molecule has 2 heterocycles. The number of fused-ring (bicyclic) bond motifs is 2. The number of methoxy groups -OCH3 is 1. The fourth-order valence-electron chi connectivity index (χ4n) is 3.73. The van der Waals surface area contributed by atoms with E-state index in [0.717, 1.165) is 25.8 Å². The number of benzene rings is 1. The quantitative estimate of drug-likeness (QED) is 0.895. The lowest BCUT2D eigenvalue weighted by Crippen LogP contribution is -2.32. The Morgan fingerprint density at radius 2 is 2.00 bits per heavy atom. The highest BCUT2D eigenvalue weighted by Gasteiger charge is 2.48. The van der Waals surface area contributed by atoms with Crippen molar-refractivity contribution in [3.8, 4) is 0 Å². The van der Waals surface area contributed by atoms with Crippen LogP contribution in [0.2, 0.25) is 0 Å². The van der Waals surface area contributed by atoms with Gasteiger partial charge in [0.05, 0.1) is 12.5 Å². The Balaban J connectivity index is 1.67. The minimum absolute atomic E-state index is 0.165. The highest BCUT2D eigenvalue weighted by Crippen LogP contribution is 2.42. The lowest BCUT2D eigenvalue weighted by Gasteiger charge is -2.22. The fourth-order valence-corrected chi connectivity index (χ4v) is 3.73. The smallest absolute Gasteiger partial charge is 0.308 e. The van der Waals surface area contributed by atoms with Crippen LogP contribution in [0.25, 0.3) is 0 Å². The Hall–Kier alpha value is -1.39. The molecule has 3 unspecified atom stereocenters. The molecule has 2 aliphatic rings. The second kappa shape index (κ2) is 5.54. The molecule has 20 heavy (non-hydrogen) atoms.